The molecule has 0 amide bonds. The second-order valence-corrected chi connectivity index (χ2v) is 2.47. The van der Waals surface area contributed by atoms with Crippen LogP contribution in [0.5, 0.6) is 0 Å². The third-order valence-electron chi connectivity index (χ3n) is 1.49. The molecule has 0 saturated carbocycles. The normalized spacial score (nSPS) is 10.8. The summed E-state index contributed by atoms with van der Waals surface area (Å²) in [6.07, 6.45) is 5.31. The molecule has 0 atom stereocenters. The van der Waals surface area contributed by atoms with Gasteiger partial charge in [-0.05, 0) is 6.92 Å². The fraction of sp³-hybridized carbons (Fsp3) is 0.250. The van der Waals surface area contributed by atoms with Crippen molar-refractivity contribution in [2.45, 2.75) is 6.92 Å². The van der Waals surface area contributed by atoms with Crippen molar-refractivity contribution in [3.8, 4) is 0 Å². The molecule has 2 N–H and O–H groups in total. The summed E-state index contributed by atoms with van der Waals surface area (Å²) >= 11 is 0. The van der Waals surface area contributed by atoms with E-state index in [1.165, 1.54) is 4.57 Å². The van der Waals surface area contributed by atoms with Crippen LogP contribution in [0, 0.1) is 0 Å². The van der Waals surface area contributed by atoms with Gasteiger partial charge in [0, 0.05) is 18.8 Å². The Labute approximate surface area is 70.4 Å². The third-order valence-corrected chi connectivity index (χ3v) is 1.49. The van der Waals surface area contributed by atoms with Crippen molar-refractivity contribution in [2.75, 3.05) is 5.73 Å². The van der Waals surface area contributed by atoms with Crippen molar-refractivity contribution in [3.05, 3.63) is 28.3 Å². The standard InChI is InChI=1S/C8H11N3O/c1-3-4-6-5-11(2)8(12)10-7(6)9/h3-5H,1-2H3,(H2,9,10,12)/b4-3+. The molecule has 12 heavy (non-hydrogen) atoms. The van der Waals surface area contributed by atoms with Gasteiger partial charge in [-0.1, -0.05) is 12.2 Å². The summed E-state index contributed by atoms with van der Waals surface area (Å²) in [5.74, 6) is 0.274. The summed E-state index contributed by atoms with van der Waals surface area (Å²) in [7, 11) is 1.64. The summed E-state index contributed by atoms with van der Waals surface area (Å²) in [4.78, 5) is 14.6. The number of hydrogen-bond acceptors (Lipinski definition) is 3. The van der Waals surface area contributed by atoms with E-state index in [1.807, 2.05) is 19.1 Å². The lowest BCUT2D eigenvalue weighted by Gasteiger charge is -2.00. The predicted octanol–water partition coefficient (Wildman–Crippen LogP) is 0.396. The Morgan fingerprint density at radius 1 is 1.67 bits per heavy atom. The van der Waals surface area contributed by atoms with Gasteiger partial charge < -0.3 is 10.3 Å². The van der Waals surface area contributed by atoms with E-state index in [1.54, 1.807) is 13.2 Å². The molecule has 1 aromatic rings. The molecule has 4 nitrogen and oxygen atoms in total. The highest BCUT2D eigenvalue weighted by atomic mass is 16.1. The van der Waals surface area contributed by atoms with Crippen LogP contribution in [0.4, 0.5) is 5.82 Å². The number of nitrogens with two attached hydrogens (primary N) is 1. The van der Waals surface area contributed by atoms with E-state index in [2.05, 4.69) is 4.98 Å². The second kappa shape index (κ2) is 3.21. The Morgan fingerprint density at radius 2 is 2.33 bits per heavy atom. The Kier molecular flexibility index (Phi) is 2.28. The lowest BCUT2D eigenvalue weighted by Crippen LogP contribution is -2.21. The number of anilines is 1. The van der Waals surface area contributed by atoms with Gasteiger partial charge in [0.2, 0.25) is 0 Å². The molecule has 0 saturated heterocycles. The molecule has 0 aliphatic carbocycles. The van der Waals surface area contributed by atoms with Crippen molar-refractivity contribution in [3.63, 3.8) is 0 Å². The van der Waals surface area contributed by atoms with Gasteiger partial charge in [-0.2, -0.15) is 4.98 Å². The number of aryl methyl sites for hydroxylation is 1. The van der Waals surface area contributed by atoms with Crippen LogP contribution in [0.1, 0.15) is 12.5 Å². The number of hydrogen-bond donors (Lipinski definition) is 1. The molecule has 1 heterocycles. The summed E-state index contributed by atoms with van der Waals surface area (Å²) in [6.45, 7) is 1.88. The van der Waals surface area contributed by atoms with Gasteiger partial charge in [0.15, 0.2) is 0 Å². The van der Waals surface area contributed by atoms with Crippen molar-refractivity contribution >= 4 is 11.9 Å². The highest BCUT2D eigenvalue weighted by molar-refractivity contribution is 5.59. The molecule has 0 radical (unpaired) electrons. The van der Waals surface area contributed by atoms with E-state index < -0.39 is 0 Å². The Balaban J connectivity index is 3.32. The van der Waals surface area contributed by atoms with Crippen LogP contribution in [-0.4, -0.2) is 9.55 Å². The maximum Gasteiger partial charge on any atom is 0.349 e. The maximum atomic E-state index is 10.9. The Morgan fingerprint density at radius 3 is 2.92 bits per heavy atom. The molecule has 0 aliphatic heterocycles. The fourth-order valence-electron chi connectivity index (χ4n) is 0.884. The first kappa shape index (κ1) is 8.52. The SMILES string of the molecule is C/C=C/c1cn(C)c(=O)nc1N. The molecular weight excluding hydrogens is 154 g/mol. The molecule has 0 aliphatic rings. The number of allylic oxidation sites excluding steroid dienone is 1. The molecule has 0 spiro atoms. The van der Waals surface area contributed by atoms with Gasteiger partial charge in [0.1, 0.15) is 5.82 Å². The number of aromatic nitrogens is 2. The average Bonchev–Trinajstić information content (AvgIpc) is 2.01. The smallest absolute Gasteiger partial charge is 0.349 e. The summed E-state index contributed by atoms with van der Waals surface area (Å²) in [6, 6.07) is 0. The zero-order valence-corrected chi connectivity index (χ0v) is 7.11. The van der Waals surface area contributed by atoms with Gasteiger partial charge in [-0.25, -0.2) is 4.79 Å². The molecule has 4 heteroatoms. The Hall–Kier alpha value is -1.58. The van der Waals surface area contributed by atoms with Crippen molar-refractivity contribution in [2.24, 2.45) is 7.05 Å². The van der Waals surface area contributed by atoms with Crippen LogP contribution in [0.25, 0.3) is 6.08 Å². The van der Waals surface area contributed by atoms with Gasteiger partial charge in [0.25, 0.3) is 0 Å². The summed E-state index contributed by atoms with van der Waals surface area (Å²) in [5, 5.41) is 0. The lowest BCUT2D eigenvalue weighted by molar-refractivity contribution is 0.811. The molecule has 0 bridgehead atoms. The van der Waals surface area contributed by atoms with E-state index in [4.69, 9.17) is 5.73 Å². The highest BCUT2D eigenvalue weighted by Gasteiger charge is 1.98. The number of nitrogen functional groups attached to an aromatic ring is 1. The first-order chi connectivity index (χ1) is 5.65. The monoisotopic (exact) mass is 165 g/mol. The van der Waals surface area contributed by atoms with Gasteiger partial charge in [-0.3, -0.25) is 0 Å². The molecule has 0 fully saturated rings. The predicted molar refractivity (Wildman–Crippen MR) is 48.6 cm³/mol. The van der Waals surface area contributed by atoms with E-state index in [0.29, 0.717) is 0 Å². The minimum atomic E-state index is -0.333. The van der Waals surface area contributed by atoms with E-state index in [0.717, 1.165) is 5.56 Å². The van der Waals surface area contributed by atoms with E-state index in [-0.39, 0.29) is 11.5 Å². The second-order valence-electron chi connectivity index (χ2n) is 2.47. The highest BCUT2D eigenvalue weighted by Crippen LogP contribution is 2.05. The van der Waals surface area contributed by atoms with Gasteiger partial charge in [0.05, 0.1) is 0 Å². The Bertz CT molecular complexity index is 365. The van der Waals surface area contributed by atoms with Crippen LogP contribution >= 0.6 is 0 Å². The van der Waals surface area contributed by atoms with Gasteiger partial charge >= 0.3 is 5.69 Å². The molecule has 1 aromatic heterocycles. The summed E-state index contributed by atoms with van der Waals surface area (Å²) < 4.78 is 1.39. The first-order valence-corrected chi connectivity index (χ1v) is 3.61. The third kappa shape index (κ3) is 1.53. The van der Waals surface area contributed by atoms with Crippen LogP contribution in [0.3, 0.4) is 0 Å². The average molecular weight is 165 g/mol. The van der Waals surface area contributed by atoms with Crippen molar-refractivity contribution in [1.82, 2.24) is 9.55 Å². The molecule has 1 rings (SSSR count). The van der Waals surface area contributed by atoms with Crippen LogP contribution in [-0.2, 0) is 7.05 Å². The first-order valence-electron chi connectivity index (χ1n) is 3.61. The molecule has 0 aromatic carbocycles. The van der Waals surface area contributed by atoms with Crippen LogP contribution in [0.15, 0.2) is 17.1 Å². The van der Waals surface area contributed by atoms with Crippen molar-refractivity contribution in [1.29, 1.82) is 0 Å². The summed E-state index contributed by atoms with van der Waals surface area (Å²) in [5.41, 5.74) is 5.93. The van der Waals surface area contributed by atoms with Crippen molar-refractivity contribution < 1.29 is 0 Å². The number of rotatable bonds is 1. The van der Waals surface area contributed by atoms with Gasteiger partial charge in [-0.15, -0.1) is 0 Å². The maximum absolute atomic E-state index is 10.9. The topological polar surface area (TPSA) is 60.9 Å². The zero-order chi connectivity index (χ0) is 9.14. The molecule has 0 unspecified atom stereocenters. The quantitative estimate of drug-likeness (QED) is 0.655. The largest absolute Gasteiger partial charge is 0.383 e. The minimum Gasteiger partial charge on any atom is -0.383 e. The van der Waals surface area contributed by atoms with Crippen LogP contribution < -0.4 is 11.4 Å². The van der Waals surface area contributed by atoms with E-state index in [9.17, 15) is 4.79 Å². The molecular formula is C8H11N3O. The fourth-order valence-corrected chi connectivity index (χ4v) is 0.884. The van der Waals surface area contributed by atoms with E-state index >= 15 is 0 Å². The zero-order valence-electron chi connectivity index (χ0n) is 7.11. The lowest BCUT2D eigenvalue weighted by atomic mass is 10.3. The minimum absolute atomic E-state index is 0.274. The van der Waals surface area contributed by atoms with Crippen LogP contribution in [0.2, 0.25) is 0 Å². The molecule has 64 valence electrons. The number of nitrogens with zero attached hydrogens (tertiary/aromatic N) is 2.